The largest absolute Gasteiger partial charge is 0.325 e. The molecular weight excluding hydrogens is 180 g/mol. The fraction of sp³-hybridized carbons (Fsp3) is 0.700. The monoisotopic (exact) mass is 196 g/mol. The van der Waals surface area contributed by atoms with Crippen LogP contribution >= 0.6 is 11.3 Å². The summed E-state index contributed by atoms with van der Waals surface area (Å²) in [5, 5.41) is 0. The molecule has 0 spiro atoms. The molecule has 1 fully saturated rings. The Bertz CT molecular complexity index is 270. The zero-order valence-corrected chi connectivity index (χ0v) is 8.81. The van der Waals surface area contributed by atoms with Crippen molar-refractivity contribution in [2.75, 3.05) is 0 Å². The molecule has 1 aliphatic rings. The van der Waals surface area contributed by atoms with Gasteiger partial charge in [-0.3, -0.25) is 4.98 Å². The predicted octanol–water partition coefficient (Wildman–Crippen LogP) is 2.20. The molecule has 0 bridgehead atoms. The lowest BCUT2D eigenvalue weighted by Gasteiger charge is -2.22. The standard InChI is InChI=1S/C10H16N2S/c1-8-2-3-10(11,4-8)5-9-6-12-7-13-9/h6-8H,2-5,11H2,1H3. The molecule has 2 unspecified atom stereocenters. The Kier molecular flexibility index (Phi) is 2.39. The molecule has 3 heteroatoms. The van der Waals surface area contributed by atoms with E-state index in [1.54, 1.807) is 11.3 Å². The van der Waals surface area contributed by atoms with E-state index in [9.17, 15) is 0 Å². The SMILES string of the molecule is CC1CCC(N)(Cc2cncs2)C1. The van der Waals surface area contributed by atoms with E-state index in [1.165, 1.54) is 24.1 Å². The Hall–Kier alpha value is -0.410. The minimum Gasteiger partial charge on any atom is -0.325 e. The molecule has 2 nitrogen and oxygen atoms in total. The fourth-order valence-electron chi connectivity index (χ4n) is 2.27. The summed E-state index contributed by atoms with van der Waals surface area (Å²) in [6, 6.07) is 0. The molecule has 0 radical (unpaired) electrons. The van der Waals surface area contributed by atoms with Crippen molar-refractivity contribution in [2.24, 2.45) is 11.7 Å². The van der Waals surface area contributed by atoms with Gasteiger partial charge in [0.2, 0.25) is 0 Å². The maximum atomic E-state index is 6.32. The molecule has 1 aromatic heterocycles. The Morgan fingerprint density at radius 1 is 1.77 bits per heavy atom. The Balaban J connectivity index is 2.01. The Morgan fingerprint density at radius 3 is 3.15 bits per heavy atom. The second-order valence-electron chi connectivity index (χ2n) is 4.35. The summed E-state index contributed by atoms with van der Waals surface area (Å²) in [5.41, 5.74) is 8.27. The van der Waals surface area contributed by atoms with E-state index >= 15 is 0 Å². The molecule has 0 aromatic carbocycles. The van der Waals surface area contributed by atoms with E-state index in [-0.39, 0.29) is 5.54 Å². The second kappa shape index (κ2) is 3.39. The molecule has 1 heterocycles. The van der Waals surface area contributed by atoms with Crippen molar-refractivity contribution >= 4 is 11.3 Å². The third kappa shape index (κ3) is 2.09. The van der Waals surface area contributed by atoms with Gasteiger partial charge in [-0.15, -0.1) is 11.3 Å². The summed E-state index contributed by atoms with van der Waals surface area (Å²) in [6.07, 6.45) is 6.59. The number of nitrogens with two attached hydrogens (primary N) is 1. The quantitative estimate of drug-likeness (QED) is 0.787. The summed E-state index contributed by atoms with van der Waals surface area (Å²) in [7, 11) is 0. The second-order valence-corrected chi connectivity index (χ2v) is 5.33. The van der Waals surface area contributed by atoms with Crippen LogP contribution in [0.25, 0.3) is 0 Å². The molecule has 2 atom stereocenters. The molecule has 1 aromatic rings. The highest BCUT2D eigenvalue weighted by atomic mass is 32.1. The van der Waals surface area contributed by atoms with Gasteiger partial charge in [-0.05, 0) is 25.2 Å². The van der Waals surface area contributed by atoms with Gasteiger partial charge in [0.25, 0.3) is 0 Å². The average molecular weight is 196 g/mol. The first-order chi connectivity index (χ1) is 6.18. The van der Waals surface area contributed by atoms with Crippen molar-refractivity contribution in [3.05, 3.63) is 16.6 Å². The van der Waals surface area contributed by atoms with E-state index < -0.39 is 0 Å². The van der Waals surface area contributed by atoms with Crippen LogP contribution in [0.1, 0.15) is 31.1 Å². The molecule has 13 heavy (non-hydrogen) atoms. The normalized spacial score (nSPS) is 33.8. The van der Waals surface area contributed by atoms with E-state index in [0.29, 0.717) is 0 Å². The molecule has 0 saturated heterocycles. The number of aromatic nitrogens is 1. The predicted molar refractivity (Wildman–Crippen MR) is 55.8 cm³/mol. The number of hydrogen-bond donors (Lipinski definition) is 1. The van der Waals surface area contributed by atoms with Crippen molar-refractivity contribution < 1.29 is 0 Å². The highest BCUT2D eigenvalue weighted by Gasteiger charge is 2.33. The van der Waals surface area contributed by atoms with Crippen LogP contribution in [0.2, 0.25) is 0 Å². The summed E-state index contributed by atoms with van der Waals surface area (Å²) in [4.78, 5) is 5.41. The minimum absolute atomic E-state index is 0.0615. The van der Waals surface area contributed by atoms with Crippen LogP contribution in [0.15, 0.2) is 11.7 Å². The van der Waals surface area contributed by atoms with Gasteiger partial charge in [-0.1, -0.05) is 6.92 Å². The van der Waals surface area contributed by atoms with Crippen LogP contribution in [0, 0.1) is 5.92 Å². The number of hydrogen-bond acceptors (Lipinski definition) is 3. The van der Waals surface area contributed by atoms with Crippen LogP contribution in [0.3, 0.4) is 0 Å². The van der Waals surface area contributed by atoms with Gasteiger partial charge in [0.1, 0.15) is 0 Å². The molecule has 2 N–H and O–H groups in total. The van der Waals surface area contributed by atoms with Crippen molar-refractivity contribution in [1.29, 1.82) is 0 Å². The van der Waals surface area contributed by atoms with Crippen molar-refractivity contribution in [1.82, 2.24) is 4.98 Å². The van der Waals surface area contributed by atoms with Gasteiger partial charge in [0, 0.05) is 23.0 Å². The van der Waals surface area contributed by atoms with Gasteiger partial charge in [0.15, 0.2) is 0 Å². The van der Waals surface area contributed by atoms with Gasteiger partial charge in [0.05, 0.1) is 5.51 Å². The van der Waals surface area contributed by atoms with E-state index in [4.69, 9.17) is 5.73 Å². The average Bonchev–Trinajstić information content (AvgIpc) is 2.62. The topological polar surface area (TPSA) is 38.9 Å². The number of rotatable bonds is 2. The van der Waals surface area contributed by atoms with Crippen LogP contribution in [-0.4, -0.2) is 10.5 Å². The first kappa shape index (κ1) is 9.16. The van der Waals surface area contributed by atoms with Crippen LogP contribution < -0.4 is 5.73 Å². The molecule has 72 valence electrons. The van der Waals surface area contributed by atoms with E-state index in [1.807, 2.05) is 11.7 Å². The molecule has 2 rings (SSSR count). The third-order valence-electron chi connectivity index (χ3n) is 2.90. The smallest absolute Gasteiger partial charge is 0.0794 e. The molecule has 1 aliphatic carbocycles. The maximum absolute atomic E-state index is 6.32. The molecule has 0 aliphatic heterocycles. The lowest BCUT2D eigenvalue weighted by atomic mass is 9.93. The van der Waals surface area contributed by atoms with Gasteiger partial charge in [-0.2, -0.15) is 0 Å². The first-order valence-corrected chi connectivity index (χ1v) is 5.72. The van der Waals surface area contributed by atoms with Gasteiger partial charge < -0.3 is 5.73 Å². The van der Waals surface area contributed by atoms with E-state index in [2.05, 4.69) is 11.9 Å². The van der Waals surface area contributed by atoms with Crippen LogP contribution in [0.4, 0.5) is 0 Å². The maximum Gasteiger partial charge on any atom is 0.0794 e. The summed E-state index contributed by atoms with van der Waals surface area (Å²) in [5.74, 6) is 0.804. The lowest BCUT2D eigenvalue weighted by Crippen LogP contribution is -2.38. The lowest BCUT2D eigenvalue weighted by molar-refractivity contribution is 0.422. The van der Waals surface area contributed by atoms with Crippen LogP contribution in [0.5, 0.6) is 0 Å². The summed E-state index contributed by atoms with van der Waals surface area (Å²) >= 11 is 1.72. The van der Waals surface area contributed by atoms with Gasteiger partial charge >= 0.3 is 0 Å². The Labute approximate surface area is 83.2 Å². The summed E-state index contributed by atoms with van der Waals surface area (Å²) in [6.45, 7) is 2.29. The number of thiazole rings is 1. The highest BCUT2D eigenvalue weighted by molar-refractivity contribution is 7.09. The highest BCUT2D eigenvalue weighted by Crippen LogP contribution is 2.35. The van der Waals surface area contributed by atoms with Crippen molar-refractivity contribution in [2.45, 2.75) is 38.1 Å². The fourth-order valence-corrected chi connectivity index (χ4v) is 3.02. The van der Waals surface area contributed by atoms with Crippen LogP contribution in [-0.2, 0) is 6.42 Å². The molecule has 0 amide bonds. The van der Waals surface area contributed by atoms with E-state index in [0.717, 1.165) is 12.3 Å². The summed E-state index contributed by atoms with van der Waals surface area (Å²) < 4.78 is 0. The minimum atomic E-state index is 0.0615. The zero-order chi connectivity index (χ0) is 9.31. The molecular formula is C10H16N2S. The van der Waals surface area contributed by atoms with Crippen molar-refractivity contribution in [3.63, 3.8) is 0 Å². The van der Waals surface area contributed by atoms with Gasteiger partial charge in [-0.25, -0.2) is 0 Å². The Morgan fingerprint density at radius 2 is 2.62 bits per heavy atom. The number of nitrogens with zero attached hydrogens (tertiary/aromatic N) is 1. The molecule has 1 saturated carbocycles. The first-order valence-electron chi connectivity index (χ1n) is 4.84. The third-order valence-corrected chi connectivity index (χ3v) is 3.68. The zero-order valence-electron chi connectivity index (χ0n) is 7.99. The van der Waals surface area contributed by atoms with Crippen molar-refractivity contribution in [3.8, 4) is 0 Å².